The molecule has 3 rings (SSSR count). The molecule has 3 aliphatic rings. The highest BCUT2D eigenvalue weighted by Gasteiger charge is 2.44. The molecule has 0 spiro atoms. The second-order valence-electron chi connectivity index (χ2n) is 8.02. The lowest BCUT2D eigenvalue weighted by atomic mass is 9.62. The van der Waals surface area contributed by atoms with Crippen LogP contribution in [-0.2, 0) is 9.53 Å². The molecule has 0 bridgehead atoms. The second kappa shape index (κ2) is 7.98. The van der Waals surface area contributed by atoms with Crippen LogP contribution >= 0.6 is 0 Å². The van der Waals surface area contributed by atoms with Gasteiger partial charge in [0.25, 0.3) is 0 Å². The van der Waals surface area contributed by atoms with Gasteiger partial charge >= 0.3 is 5.97 Å². The number of nitrogens with one attached hydrogen (secondary N) is 1. The molecule has 3 fully saturated rings. The van der Waals surface area contributed by atoms with Crippen LogP contribution in [0.3, 0.4) is 0 Å². The SMILES string of the molecule is CCC1CCC2NC(OCC(=O)O)CC(C3CCCCC3)C2C1. The van der Waals surface area contributed by atoms with Crippen molar-refractivity contribution in [3.05, 3.63) is 0 Å². The van der Waals surface area contributed by atoms with Gasteiger partial charge in [0.05, 0.1) is 0 Å². The number of ether oxygens (including phenoxy) is 1. The van der Waals surface area contributed by atoms with Gasteiger partial charge in [0, 0.05) is 6.04 Å². The Balaban J connectivity index is 1.69. The van der Waals surface area contributed by atoms with Crippen molar-refractivity contribution in [2.75, 3.05) is 6.61 Å². The highest BCUT2D eigenvalue weighted by atomic mass is 16.5. The van der Waals surface area contributed by atoms with Crippen LogP contribution in [0.5, 0.6) is 0 Å². The van der Waals surface area contributed by atoms with Crippen molar-refractivity contribution in [3.8, 4) is 0 Å². The lowest BCUT2D eigenvalue weighted by Crippen LogP contribution is -2.56. The Morgan fingerprint density at radius 3 is 2.57 bits per heavy atom. The number of carboxylic acids is 1. The zero-order valence-electron chi connectivity index (χ0n) is 14.5. The third-order valence-corrected chi connectivity index (χ3v) is 6.69. The van der Waals surface area contributed by atoms with Crippen molar-refractivity contribution >= 4 is 5.97 Å². The fourth-order valence-electron chi connectivity index (χ4n) is 5.47. The predicted molar refractivity (Wildman–Crippen MR) is 90.1 cm³/mol. The standard InChI is InChI=1S/C19H33NO3/c1-2-13-8-9-17-16(10-13)15(14-6-4-3-5-7-14)11-18(20-17)23-12-19(21)22/h13-18,20H,2-12H2,1H3,(H,21,22). The van der Waals surface area contributed by atoms with Crippen molar-refractivity contribution in [2.45, 2.75) is 83.4 Å². The maximum atomic E-state index is 10.8. The van der Waals surface area contributed by atoms with Gasteiger partial charge in [-0.25, -0.2) is 4.79 Å². The largest absolute Gasteiger partial charge is 0.480 e. The van der Waals surface area contributed by atoms with Gasteiger partial charge in [0.1, 0.15) is 12.8 Å². The summed E-state index contributed by atoms with van der Waals surface area (Å²) in [6.45, 7) is 2.15. The fraction of sp³-hybridized carbons (Fsp3) is 0.947. The maximum absolute atomic E-state index is 10.8. The molecule has 4 heteroatoms. The minimum atomic E-state index is -0.863. The molecule has 1 saturated heterocycles. The first-order valence-corrected chi connectivity index (χ1v) is 9.76. The lowest BCUT2D eigenvalue weighted by molar-refractivity contribution is -0.148. The molecule has 2 saturated carbocycles. The van der Waals surface area contributed by atoms with Gasteiger partial charge in [0.2, 0.25) is 0 Å². The highest BCUT2D eigenvalue weighted by Crippen LogP contribution is 2.46. The number of piperidine rings is 1. The van der Waals surface area contributed by atoms with Crippen LogP contribution in [0.15, 0.2) is 0 Å². The first-order chi connectivity index (χ1) is 11.2. The number of hydrogen-bond acceptors (Lipinski definition) is 3. The highest BCUT2D eigenvalue weighted by molar-refractivity contribution is 5.68. The fourth-order valence-corrected chi connectivity index (χ4v) is 5.47. The number of carboxylic acid groups (broad SMARTS) is 1. The molecule has 23 heavy (non-hydrogen) atoms. The summed E-state index contributed by atoms with van der Waals surface area (Å²) in [5, 5.41) is 12.5. The van der Waals surface area contributed by atoms with Crippen molar-refractivity contribution in [2.24, 2.45) is 23.7 Å². The van der Waals surface area contributed by atoms with Gasteiger partial charge in [-0.05, 0) is 49.4 Å². The summed E-state index contributed by atoms with van der Waals surface area (Å²) in [6, 6.07) is 0.539. The monoisotopic (exact) mass is 323 g/mol. The Labute approximate surface area is 140 Å². The smallest absolute Gasteiger partial charge is 0.329 e. The summed E-state index contributed by atoms with van der Waals surface area (Å²) >= 11 is 0. The molecular formula is C19H33NO3. The van der Waals surface area contributed by atoms with E-state index >= 15 is 0 Å². The van der Waals surface area contributed by atoms with Crippen LogP contribution in [-0.4, -0.2) is 30.0 Å². The molecule has 0 aromatic carbocycles. The summed E-state index contributed by atoms with van der Waals surface area (Å²) < 4.78 is 5.66. The van der Waals surface area contributed by atoms with E-state index in [0.717, 1.165) is 30.1 Å². The quantitative estimate of drug-likeness (QED) is 0.808. The van der Waals surface area contributed by atoms with E-state index in [0.29, 0.717) is 6.04 Å². The Morgan fingerprint density at radius 2 is 1.87 bits per heavy atom. The average Bonchev–Trinajstić information content (AvgIpc) is 2.59. The Hall–Kier alpha value is -0.610. The van der Waals surface area contributed by atoms with Gasteiger partial charge in [-0.15, -0.1) is 0 Å². The number of hydrogen-bond donors (Lipinski definition) is 2. The molecular weight excluding hydrogens is 290 g/mol. The van der Waals surface area contributed by atoms with Crippen LogP contribution < -0.4 is 5.32 Å². The molecule has 0 amide bonds. The van der Waals surface area contributed by atoms with Crippen LogP contribution in [0.1, 0.15) is 71.1 Å². The summed E-state index contributed by atoms with van der Waals surface area (Å²) in [7, 11) is 0. The third kappa shape index (κ3) is 4.27. The number of carbonyl (C=O) groups is 1. The minimum absolute atomic E-state index is 0.0579. The maximum Gasteiger partial charge on any atom is 0.329 e. The number of rotatable bonds is 5. The van der Waals surface area contributed by atoms with Gasteiger partial charge in [0.15, 0.2) is 0 Å². The van der Waals surface area contributed by atoms with Gasteiger partial charge in [-0.1, -0.05) is 45.4 Å². The Kier molecular flexibility index (Phi) is 5.97. The lowest BCUT2D eigenvalue weighted by Gasteiger charge is -2.50. The van der Waals surface area contributed by atoms with Gasteiger partial charge < -0.3 is 9.84 Å². The van der Waals surface area contributed by atoms with E-state index in [4.69, 9.17) is 9.84 Å². The van der Waals surface area contributed by atoms with E-state index in [1.165, 1.54) is 57.8 Å². The molecule has 1 aliphatic heterocycles. The van der Waals surface area contributed by atoms with E-state index in [2.05, 4.69) is 12.2 Å². The van der Waals surface area contributed by atoms with Gasteiger partial charge in [-0.3, -0.25) is 5.32 Å². The summed E-state index contributed by atoms with van der Waals surface area (Å²) in [5.74, 6) is 2.37. The second-order valence-corrected chi connectivity index (χ2v) is 8.02. The zero-order valence-corrected chi connectivity index (χ0v) is 14.5. The first-order valence-electron chi connectivity index (χ1n) is 9.76. The molecule has 1 heterocycles. The van der Waals surface area contributed by atoms with E-state index in [1.807, 2.05) is 0 Å². The number of fused-ring (bicyclic) bond motifs is 1. The normalized spacial score (nSPS) is 38.9. The average molecular weight is 323 g/mol. The van der Waals surface area contributed by atoms with Gasteiger partial charge in [-0.2, -0.15) is 0 Å². The Morgan fingerprint density at radius 1 is 1.09 bits per heavy atom. The van der Waals surface area contributed by atoms with Crippen LogP contribution in [0.25, 0.3) is 0 Å². The van der Waals surface area contributed by atoms with Crippen LogP contribution in [0.4, 0.5) is 0 Å². The number of aliphatic carboxylic acids is 1. The Bertz CT molecular complexity index is 394. The molecule has 4 nitrogen and oxygen atoms in total. The molecule has 0 radical (unpaired) electrons. The van der Waals surface area contributed by atoms with E-state index in [1.54, 1.807) is 0 Å². The minimum Gasteiger partial charge on any atom is -0.480 e. The van der Waals surface area contributed by atoms with Crippen LogP contribution in [0, 0.1) is 23.7 Å². The molecule has 132 valence electrons. The molecule has 5 unspecified atom stereocenters. The molecule has 2 N–H and O–H groups in total. The third-order valence-electron chi connectivity index (χ3n) is 6.69. The van der Waals surface area contributed by atoms with E-state index in [-0.39, 0.29) is 12.8 Å². The van der Waals surface area contributed by atoms with E-state index < -0.39 is 5.97 Å². The predicted octanol–water partition coefficient (Wildman–Crippen LogP) is 3.80. The molecule has 0 aromatic rings. The zero-order chi connectivity index (χ0) is 16.2. The van der Waals surface area contributed by atoms with Crippen molar-refractivity contribution < 1.29 is 14.6 Å². The summed E-state index contributed by atoms with van der Waals surface area (Å²) in [5.41, 5.74) is 0. The molecule has 5 atom stereocenters. The topological polar surface area (TPSA) is 58.6 Å². The first kappa shape index (κ1) is 17.2. The van der Waals surface area contributed by atoms with Crippen molar-refractivity contribution in [1.29, 1.82) is 0 Å². The summed E-state index contributed by atoms with van der Waals surface area (Å²) in [4.78, 5) is 10.8. The molecule has 0 aromatic heterocycles. The van der Waals surface area contributed by atoms with Crippen LogP contribution in [0.2, 0.25) is 0 Å². The van der Waals surface area contributed by atoms with Crippen molar-refractivity contribution in [3.63, 3.8) is 0 Å². The van der Waals surface area contributed by atoms with Crippen molar-refractivity contribution in [1.82, 2.24) is 5.32 Å². The van der Waals surface area contributed by atoms with E-state index in [9.17, 15) is 4.79 Å². The summed E-state index contributed by atoms with van der Waals surface area (Å²) in [6.07, 6.45) is 13.1. The molecule has 2 aliphatic carbocycles.